The molecule has 0 unspecified atom stereocenters. The third-order valence-electron chi connectivity index (χ3n) is 5.94. The predicted molar refractivity (Wildman–Crippen MR) is 144 cm³/mol. The van der Waals surface area contributed by atoms with E-state index in [4.69, 9.17) is 0 Å². The van der Waals surface area contributed by atoms with E-state index in [1.807, 2.05) is 91.9 Å². The maximum Gasteiger partial charge on any atom is 0.255 e. The van der Waals surface area contributed by atoms with Crippen molar-refractivity contribution in [1.82, 2.24) is 9.73 Å². The van der Waals surface area contributed by atoms with Gasteiger partial charge < -0.3 is 0 Å². The highest BCUT2D eigenvalue weighted by atomic mass is 32.2. The average Bonchev–Trinajstić information content (AvgIpc) is 2.83. The monoisotopic (exact) mass is 499 g/mol. The largest absolute Gasteiger partial charge is 0.272 e. The minimum absolute atomic E-state index is 0.0659. The molecule has 0 aromatic heterocycles. The number of carbonyl (C=O) groups excluding carboxylic acids is 1. The van der Waals surface area contributed by atoms with Gasteiger partial charge in [-0.05, 0) is 48.2 Å². The summed E-state index contributed by atoms with van der Waals surface area (Å²) in [4.78, 5) is 13.1. The van der Waals surface area contributed by atoms with E-state index in [-0.39, 0.29) is 18.0 Å². The van der Waals surface area contributed by atoms with Gasteiger partial charge >= 0.3 is 0 Å². The summed E-state index contributed by atoms with van der Waals surface area (Å²) in [6.45, 7) is 5.19. The Morgan fingerprint density at radius 1 is 0.889 bits per heavy atom. The van der Waals surface area contributed by atoms with Crippen LogP contribution >= 0.6 is 0 Å². The van der Waals surface area contributed by atoms with Crippen molar-refractivity contribution in [2.24, 2.45) is 5.10 Å². The molecule has 0 bridgehead atoms. The lowest BCUT2D eigenvalue weighted by Gasteiger charge is -2.24. The number of hydrazone groups is 1. The molecule has 6 nitrogen and oxygen atoms in total. The number of rotatable bonds is 8. The number of aryl methyl sites for hydroxylation is 3. The van der Waals surface area contributed by atoms with Crippen molar-refractivity contribution < 1.29 is 13.2 Å². The molecule has 7 heteroatoms. The number of hydrogen-bond donors (Lipinski definition) is 1. The van der Waals surface area contributed by atoms with E-state index in [0.29, 0.717) is 11.1 Å². The zero-order valence-electron chi connectivity index (χ0n) is 20.6. The van der Waals surface area contributed by atoms with Crippen LogP contribution in [0.5, 0.6) is 0 Å². The fourth-order valence-corrected chi connectivity index (χ4v) is 6.24. The Morgan fingerprint density at radius 2 is 1.53 bits per heavy atom. The molecule has 1 amide bonds. The predicted octanol–water partition coefficient (Wildman–Crippen LogP) is 5.11. The van der Waals surface area contributed by atoms with Gasteiger partial charge in [0.15, 0.2) is 0 Å². The fraction of sp³-hybridized carbons (Fsp3) is 0.172. The van der Waals surface area contributed by atoms with Gasteiger partial charge in [-0.3, -0.25) is 4.79 Å². The Labute approximate surface area is 212 Å². The van der Waals surface area contributed by atoms with Crippen LogP contribution in [0.15, 0.2) is 94.9 Å². The van der Waals surface area contributed by atoms with Crippen molar-refractivity contribution in [2.45, 2.75) is 32.2 Å². The molecule has 184 valence electrons. The Morgan fingerprint density at radius 3 is 2.25 bits per heavy atom. The Kier molecular flexibility index (Phi) is 7.62. The highest BCUT2D eigenvalue weighted by molar-refractivity contribution is 7.89. The summed E-state index contributed by atoms with van der Waals surface area (Å²) in [5, 5.41) is 6.18. The number of nitrogens with one attached hydrogen (secondary N) is 1. The highest BCUT2D eigenvalue weighted by Crippen LogP contribution is 2.26. The molecule has 0 atom stereocenters. The van der Waals surface area contributed by atoms with Gasteiger partial charge in [0, 0.05) is 12.1 Å². The molecule has 4 rings (SSSR count). The number of carbonyl (C=O) groups is 1. The van der Waals surface area contributed by atoms with Crippen LogP contribution in [0.1, 0.15) is 27.8 Å². The van der Waals surface area contributed by atoms with Crippen LogP contribution in [0.2, 0.25) is 0 Å². The number of nitrogens with zero attached hydrogens (tertiary/aromatic N) is 2. The SMILES string of the molecule is Cc1cc(C)c(S(=O)(=O)N(CC(=O)N/N=C\c2cccc3ccccc23)Cc2ccccc2)c(C)c1. The molecule has 0 aliphatic rings. The quantitative estimate of drug-likeness (QED) is 0.270. The van der Waals surface area contributed by atoms with Crippen molar-refractivity contribution >= 4 is 32.9 Å². The lowest BCUT2D eigenvalue weighted by atomic mass is 10.1. The third kappa shape index (κ3) is 5.70. The molecular formula is C29H29N3O3S. The van der Waals surface area contributed by atoms with Crippen molar-refractivity contribution in [2.75, 3.05) is 6.54 Å². The number of sulfonamides is 1. The highest BCUT2D eigenvalue weighted by Gasteiger charge is 2.30. The molecule has 0 saturated heterocycles. The second-order valence-corrected chi connectivity index (χ2v) is 10.7. The Bertz CT molecular complexity index is 1500. The van der Waals surface area contributed by atoms with Crippen molar-refractivity contribution in [1.29, 1.82) is 0 Å². The van der Waals surface area contributed by atoms with Gasteiger partial charge in [-0.2, -0.15) is 9.41 Å². The first-order valence-corrected chi connectivity index (χ1v) is 13.1. The molecule has 1 N–H and O–H groups in total. The molecular weight excluding hydrogens is 470 g/mol. The first-order valence-electron chi connectivity index (χ1n) is 11.7. The molecule has 0 aliphatic carbocycles. The average molecular weight is 500 g/mol. The van der Waals surface area contributed by atoms with Crippen LogP contribution < -0.4 is 5.43 Å². The van der Waals surface area contributed by atoms with Crippen LogP contribution in [0.3, 0.4) is 0 Å². The van der Waals surface area contributed by atoms with Crippen LogP contribution in [0, 0.1) is 20.8 Å². The lowest BCUT2D eigenvalue weighted by molar-refractivity contribution is -0.121. The minimum Gasteiger partial charge on any atom is -0.272 e. The summed E-state index contributed by atoms with van der Waals surface area (Å²) in [7, 11) is -3.96. The zero-order chi connectivity index (χ0) is 25.7. The van der Waals surface area contributed by atoms with E-state index in [0.717, 1.165) is 27.5 Å². The zero-order valence-corrected chi connectivity index (χ0v) is 21.4. The smallest absolute Gasteiger partial charge is 0.255 e. The summed E-state index contributed by atoms with van der Waals surface area (Å²) in [5.41, 5.74) is 6.43. The molecule has 36 heavy (non-hydrogen) atoms. The summed E-state index contributed by atoms with van der Waals surface area (Å²) >= 11 is 0. The van der Waals surface area contributed by atoms with Crippen molar-refractivity contribution in [3.63, 3.8) is 0 Å². The lowest BCUT2D eigenvalue weighted by Crippen LogP contribution is -2.39. The minimum atomic E-state index is -3.96. The topological polar surface area (TPSA) is 78.8 Å². The van der Waals surface area contributed by atoms with Crippen LogP contribution in [0.25, 0.3) is 10.8 Å². The van der Waals surface area contributed by atoms with Crippen LogP contribution in [0.4, 0.5) is 0 Å². The Hall–Kier alpha value is -3.81. The van der Waals surface area contributed by atoms with Gasteiger partial charge in [-0.1, -0.05) is 90.5 Å². The fourth-order valence-electron chi connectivity index (χ4n) is 4.45. The maximum absolute atomic E-state index is 13.8. The van der Waals surface area contributed by atoms with E-state index >= 15 is 0 Å². The number of amides is 1. The molecule has 0 radical (unpaired) electrons. The molecule has 0 heterocycles. The summed E-state index contributed by atoms with van der Waals surface area (Å²) < 4.78 is 28.8. The summed E-state index contributed by atoms with van der Waals surface area (Å²) in [5.74, 6) is -0.520. The third-order valence-corrected chi connectivity index (χ3v) is 8.04. The van der Waals surface area contributed by atoms with Gasteiger partial charge in [0.2, 0.25) is 10.0 Å². The van der Waals surface area contributed by atoms with Gasteiger partial charge in [0.05, 0.1) is 17.7 Å². The number of fused-ring (bicyclic) bond motifs is 1. The van der Waals surface area contributed by atoms with Gasteiger partial charge in [-0.25, -0.2) is 13.8 Å². The van der Waals surface area contributed by atoms with Gasteiger partial charge in [0.25, 0.3) is 5.91 Å². The summed E-state index contributed by atoms with van der Waals surface area (Å²) in [6.07, 6.45) is 1.57. The molecule has 4 aromatic carbocycles. The normalized spacial score (nSPS) is 11.9. The number of benzene rings is 4. The van der Waals surface area contributed by atoms with E-state index < -0.39 is 15.9 Å². The first-order chi connectivity index (χ1) is 17.3. The standard InChI is InChI=1S/C29H29N3O3S/c1-21-16-22(2)29(23(3)17-21)36(34,35)32(19-24-10-5-4-6-11-24)20-28(33)31-30-18-26-14-9-13-25-12-7-8-15-27(25)26/h4-18H,19-20H2,1-3H3,(H,31,33)/b30-18-. The Balaban J connectivity index is 1.58. The molecule has 0 saturated carbocycles. The molecule has 4 aromatic rings. The van der Waals surface area contributed by atoms with Gasteiger partial charge in [0.1, 0.15) is 0 Å². The summed E-state index contributed by atoms with van der Waals surface area (Å²) in [6, 6.07) is 26.7. The number of hydrogen-bond acceptors (Lipinski definition) is 4. The van der Waals surface area contributed by atoms with Crippen molar-refractivity contribution in [3.05, 3.63) is 113 Å². The van der Waals surface area contributed by atoms with E-state index in [1.165, 1.54) is 4.31 Å². The first kappa shape index (κ1) is 25.3. The molecule has 0 spiro atoms. The molecule has 0 fully saturated rings. The van der Waals surface area contributed by atoms with E-state index in [2.05, 4.69) is 10.5 Å². The second kappa shape index (κ2) is 10.8. The van der Waals surface area contributed by atoms with Crippen molar-refractivity contribution in [3.8, 4) is 0 Å². The maximum atomic E-state index is 13.8. The van der Waals surface area contributed by atoms with Gasteiger partial charge in [-0.15, -0.1) is 0 Å². The molecule has 0 aliphatic heterocycles. The second-order valence-electron chi connectivity index (χ2n) is 8.85. The van der Waals surface area contributed by atoms with E-state index in [1.54, 1.807) is 20.1 Å². The van der Waals surface area contributed by atoms with Crippen LogP contribution in [-0.2, 0) is 21.4 Å². The van der Waals surface area contributed by atoms with Crippen LogP contribution in [-0.4, -0.2) is 31.4 Å². The van der Waals surface area contributed by atoms with E-state index in [9.17, 15) is 13.2 Å².